The molecule has 18 heavy (non-hydrogen) atoms. The number of nitrogens with one attached hydrogen (secondary N) is 1. The smallest absolute Gasteiger partial charge is 0.321 e. The van der Waals surface area contributed by atoms with Gasteiger partial charge in [0.25, 0.3) is 0 Å². The molecule has 0 aliphatic carbocycles. The van der Waals surface area contributed by atoms with Gasteiger partial charge in [0, 0.05) is 25.9 Å². The zero-order valence-electron chi connectivity index (χ0n) is 10.4. The Hall–Kier alpha value is -2.06. The van der Waals surface area contributed by atoms with E-state index in [9.17, 15) is 4.79 Å². The highest BCUT2D eigenvalue weighted by Gasteiger charge is 2.12. The van der Waals surface area contributed by atoms with Crippen LogP contribution in [0.5, 0.6) is 0 Å². The number of nitriles is 1. The minimum absolute atomic E-state index is 0.214. The van der Waals surface area contributed by atoms with Gasteiger partial charge in [0.05, 0.1) is 19.1 Å². The monoisotopic (exact) mass is 247 g/mol. The molecular weight excluding hydrogens is 230 g/mol. The summed E-state index contributed by atoms with van der Waals surface area (Å²) in [6.07, 6.45) is 0.311. The zero-order chi connectivity index (χ0) is 13.2. The van der Waals surface area contributed by atoms with Crippen LogP contribution in [0.2, 0.25) is 0 Å². The largest absolute Gasteiger partial charge is 0.383 e. The third-order valence-electron chi connectivity index (χ3n) is 2.37. The highest BCUT2D eigenvalue weighted by Crippen LogP contribution is 2.06. The standard InChI is InChI=1S/C13H17N3O2/c1-18-11-10-16(9-5-8-14)13(17)15-12-6-3-2-4-7-12/h2-4,6-7H,5,9-11H2,1H3,(H,15,17). The van der Waals surface area contributed by atoms with Crippen molar-refractivity contribution in [2.45, 2.75) is 6.42 Å². The Bertz CT molecular complexity index is 400. The van der Waals surface area contributed by atoms with Crippen molar-refractivity contribution in [3.05, 3.63) is 30.3 Å². The summed E-state index contributed by atoms with van der Waals surface area (Å²) in [4.78, 5) is 13.5. The Morgan fingerprint density at radius 2 is 2.11 bits per heavy atom. The molecule has 0 aliphatic rings. The van der Waals surface area contributed by atoms with Crippen LogP contribution in [0.3, 0.4) is 0 Å². The summed E-state index contributed by atoms with van der Waals surface area (Å²) in [5.41, 5.74) is 0.738. The number of hydrogen-bond acceptors (Lipinski definition) is 3. The molecule has 5 nitrogen and oxygen atoms in total. The molecule has 0 aliphatic heterocycles. The van der Waals surface area contributed by atoms with Crippen LogP contribution in [0.15, 0.2) is 30.3 Å². The average molecular weight is 247 g/mol. The summed E-state index contributed by atoms with van der Waals surface area (Å²) in [7, 11) is 1.58. The number of nitrogens with zero attached hydrogens (tertiary/aromatic N) is 2. The SMILES string of the molecule is COCCN(CCC#N)C(=O)Nc1ccccc1. The number of para-hydroxylation sites is 1. The van der Waals surface area contributed by atoms with Gasteiger partial charge in [-0.05, 0) is 12.1 Å². The van der Waals surface area contributed by atoms with Crippen molar-refractivity contribution in [1.82, 2.24) is 4.90 Å². The summed E-state index contributed by atoms with van der Waals surface area (Å²) >= 11 is 0. The molecule has 2 amide bonds. The van der Waals surface area contributed by atoms with Gasteiger partial charge in [-0.1, -0.05) is 18.2 Å². The van der Waals surface area contributed by atoms with Gasteiger partial charge in [-0.25, -0.2) is 4.79 Å². The first-order valence-corrected chi connectivity index (χ1v) is 5.74. The van der Waals surface area contributed by atoms with E-state index in [2.05, 4.69) is 5.32 Å². The normalized spacial score (nSPS) is 9.56. The van der Waals surface area contributed by atoms with Crippen molar-refractivity contribution < 1.29 is 9.53 Å². The summed E-state index contributed by atoms with van der Waals surface area (Å²) in [5.74, 6) is 0. The third-order valence-corrected chi connectivity index (χ3v) is 2.37. The van der Waals surface area contributed by atoms with Crippen molar-refractivity contribution in [2.75, 3.05) is 32.1 Å². The zero-order valence-corrected chi connectivity index (χ0v) is 10.4. The lowest BCUT2D eigenvalue weighted by molar-refractivity contribution is 0.156. The van der Waals surface area contributed by atoms with Gasteiger partial charge in [-0.2, -0.15) is 5.26 Å². The molecule has 1 aromatic carbocycles. The molecule has 5 heteroatoms. The topological polar surface area (TPSA) is 65.4 Å². The molecule has 0 atom stereocenters. The van der Waals surface area contributed by atoms with Gasteiger partial charge in [-0.15, -0.1) is 0 Å². The fourth-order valence-corrected chi connectivity index (χ4v) is 1.43. The molecule has 0 saturated carbocycles. The lowest BCUT2D eigenvalue weighted by atomic mass is 10.3. The first kappa shape index (κ1) is 14.0. The number of carbonyl (C=O) groups excluding carboxylic acids is 1. The Kier molecular flexibility index (Phi) is 6.30. The molecule has 0 fully saturated rings. The summed E-state index contributed by atoms with van der Waals surface area (Å²) < 4.78 is 4.95. The van der Waals surface area contributed by atoms with Crippen LogP contribution in [0, 0.1) is 11.3 Å². The molecule has 0 radical (unpaired) electrons. The van der Waals surface area contributed by atoms with Gasteiger partial charge in [-0.3, -0.25) is 0 Å². The maximum Gasteiger partial charge on any atom is 0.321 e. The average Bonchev–Trinajstić information content (AvgIpc) is 2.40. The second-order valence-electron chi connectivity index (χ2n) is 3.68. The third kappa shape index (κ3) is 4.85. The van der Waals surface area contributed by atoms with Gasteiger partial charge >= 0.3 is 6.03 Å². The van der Waals surface area contributed by atoms with E-state index in [1.165, 1.54) is 0 Å². The maximum atomic E-state index is 12.0. The molecule has 1 aromatic rings. The minimum Gasteiger partial charge on any atom is -0.383 e. The quantitative estimate of drug-likeness (QED) is 0.837. The number of hydrogen-bond donors (Lipinski definition) is 1. The van der Waals surface area contributed by atoms with Crippen LogP contribution in [0.25, 0.3) is 0 Å². The number of urea groups is 1. The van der Waals surface area contributed by atoms with Crippen molar-refractivity contribution in [1.29, 1.82) is 5.26 Å². The van der Waals surface area contributed by atoms with E-state index in [0.717, 1.165) is 5.69 Å². The highest BCUT2D eigenvalue weighted by atomic mass is 16.5. The molecule has 0 bridgehead atoms. The number of rotatable bonds is 6. The number of benzene rings is 1. The number of ether oxygens (including phenoxy) is 1. The molecule has 0 unspecified atom stereocenters. The fourth-order valence-electron chi connectivity index (χ4n) is 1.43. The van der Waals surface area contributed by atoms with Gasteiger partial charge in [0.1, 0.15) is 0 Å². The van der Waals surface area contributed by atoms with Gasteiger partial charge in [0.15, 0.2) is 0 Å². The maximum absolute atomic E-state index is 12.0. The lowest BCUT2D eigenvalue weighted by Crippen LogP contribution is -2.37. The van der Waals surface area contributed by atoms with Gasteiger partial charge < -0.3 is 15.0 Å². The fraction of sp³-hybridized carbons (Fsp3) is 0.385. The van der Waals surface area contributed by atoms with Crippen molar-refractivity contribution in [3.63, 3.8) is 0 Å². The van der Waals surface area contributed by atoms with Gasteiger partial charge in [0.2, 0.25) is 0 Å². The number of carbonyl (C=O) groups is 1. The van der Waals surface area contributed by atoms with E-state index in [4.69, 9.17) is 10.00 Å². The molecule has 1 N–H and O–H groups in total. The molecule has 0 saturated heterocycles. The van der Waals surface area contributed by atoms with Crippen molar-refractivity contribution >= 4 is 11.7 Å². The number of anilines is 1. The highest BCUT2D eigenvalue weighted by molar-refractivity contribution is 5.89. The Balaban J connectivity index is 2.55. The van der Waals surface area contributed by atoms with Crippen LogP contribution in [0.1, 0.15) is 6.42 Å². The van der Waals surface area contributed by atoms with E-state index in [0.29, 0.717) is 26.1 Å². The van der Waals surface area contributed by atoms with E-state index < -0.39 is 0 Å². The van der Waals surface area contributed by atoms with E-state index in [1.54, 1.807) is 12.0 Å². The van der Waals surface area contributed by atoms with Crippen LogP contribution in [-0.2, 0) is 4.74 Å². The summed E-state index contributed by atoms with van der Waals surface area (Å²) in [6, 6.07) is 11.0. The van der Waals surface area contributed by atoms with Crippen LogP contribution in [0.4, 0.5) is 10.5 Å². The predicted molar refractivity (Wildman–Crippen MR) is 69.1 cm³/mol. The first-order valence-electron chi connectivity index (χ1n) is 5.74. The predicted octanol–water partition coefficient (Wildman–Crippen LogP) is 2.08. The minimum atomic E-state index is -0.214. The molecular formula is C13H17N3O2. The summed E-state index contributed by atoms with van der Waals surface area (Å²) in [5, 5.41) is 11.4. The molecule has 96 valence electrons. The molecule has 0 heterocycles. The second-order valence-corrected chi connectivity index (χ2v) is 3.68. The van der Waals surface area contributed by atoms with Crippen LogP contribution < -0.4 is 5.32 Å². The molecule has 0 spiro atoms. The van der Waals surface area contributed by atoms with E-state index in [1.807, 2.05) is 36.4 Å². The lowest BCUT2D eigenvalue weighted by Gasteiger charge is -2.21. The van der Waals surface area contributed by atoms with Crippen molar-refractivity contribution in [2.24, 2.45) is 0 Å². The molecule has 1 rings (SSSR count). The molecule has 0 aromatic heterocycles. The van der Waals surface area contributed by atoms with E-state index in [-0.39, 0.29) is 6.03 Å². The van der Waals surface area contributed by atoms with Crippen LogP contribution >= 0.6 is 0 Å². The Morgan fingerprint density at radius 1 is 1.39 bits per heavy atom. The van der Waals surface area contributed by atoms with E-state index >= 15 is 0 Å². The summed E-state index contributed by atoms with van der Waals surface area (Å²) in [6.45, 7) is 1.32. The number of methoxy groups -OCH3 is 1. The van der Waals surface area contributed by atoms with Crippen molar-refractivity contribution in [3.8, 4) is 6.07 Å². The number of amides is 2. The van der Waals surface area contributed by atoms with Crippen LogP contribution in [-0.4, -0.2) is 37.7 Å². The first-order chi connectivity index (χ1) is 8.77. The Labute approximate surface area is 107 Å². The second kappa shape index (κ2) is 8.09. The Morgan fingerprint density at radius 3 is 2.72 bits per heavy atom.